The van der Waals surface area contributed by atoms with Crippen LogP contribution < -0.4 is 5.32 Å². The topological polar surface area (TPSA) is 15.3 Å². The van der Waals surface area contributed by atoms with E-state index in [2.05, 4.69) is 54.9 Å². The van der Waals surface area contributed by atoms with Crippen LogP contribution >= 0.6 is 0 Å². The van der Waals surface area contributed by atoms with E-state index in [1.807, 2.05) is 6.07 Å². The molecule has 1 aromatic carbocycles. The lowest BCUT2D eigenvalue weighted by Crippen LogP contribution is -2.27. The number of hydrogen-bond donors (Lipinski definition) is 1. The van der Waals surface area contributed by atoms with Gasteiger partial charge in [0.25, 0.3) is 0 Å². The van der Waals surface area contributed by atoms with Crippen molar-refractivity contribution >= 4 is 5.57 Å². The van der Waals surface area contributed by atoms with Crippen molar-refractivity contribution in [1.29, 1.82) is 0 Å². The predicted molar refractivity (Wildman–Crippen MR) is 80.8 cm³/mol. The zero-order valence-corrected chi connectivity index (χ0v) is 11.8. The summed E-state index contributed by atoms with van der Waals surface area (Å²) in [6.45, 7) is 14.0. The predicted octanol–water partition coefficient (Wildman–Crippen LogP) is 3.02. The molecule has 0 atom stereocenters. The van der Waals surface area contributed by atoms with Crippen molar-refractivity contribution in [2.45, 2.75) is 20.3 Å². The standard InChI is InChI=1S/C16H26N2/c1-4-18(5-2)13-9-12-17-14-15(3)16-10-7-6-8-11-16/h6-8,10-11,17H,3-5,9,12-14H2,1-2H3. The molecule has 0 saturated carbocycles. The number of nitrogens with zero attached hydrogens (tertiary/aromatic N) is 1. The highest BCUT2D eigenvalue weighted by Gasteiger charge is 1.99. The average Bonchev–Trinajstić information content (AvgIpc) is 2.43. The Morgan fingerprint density at radius 3 is 2.44 bits per heavy atom. The van der Waals surface area contributed by atoms with Gasteiger partial charge >= 0.3 is 0 Å². The van der Waals surface area contributed by atoms with Crippen molar-refractivity contribution in [2.75, 3.05) is 32.7 Å². The van der Waals surface area contributed by atoms with Gasteiger partial charge in [0.15, 0.2) is 0 Å². The van der Waals surface area contributed by atoms with Crippen LogP contribution in [0.5, 0.6) is 0 Å². The third-order valence-electron chi connectivity index (χ3n) is 3.24. The lowest BCUT2D eigenvalue weighted by molar-refractivity contribution is 0.299. The summed E-state index contributed by atoms with van der Waals surface area (Å²) in [6.07, 6.45) is 1.20. The second-order valence-corrected chi connectivity index (χ2v) is 4.53. The molecule has 2 nitrogen and oxygen atoms in total. The molecule has 0 heterocycles. The quantitative estimate of drug-likeness (QED) is 0.674. The summed E-state index contributed by atoms with van der Waals surface area (Å²) in [5, 5.41) is 3.46. The van der Waals surface area contributed by atoms with E-state index in [1.54, 1.807) is 0 Å². The minimum absolute atomic E-state index is 0.877. The van der Waals surface area contributed by atoms with Crippen molar-refractivity contribution in [3.05, 3.63) is 42.5 Å². The summed E-state index contributed by atoms with van der Waals surface area (Å²) >= 11 is 0. The van der Waals surface area contributed by atoms with Crippen LogP contribution in [0.4, 0.5) is 0 Å². The molecule has 1 N–H and O–H groups in total. The van der Waals surface area contributed by atoms with E-state index in [4.69, 9.17) is 0 Å². The molecule has 18 heavy (non-hydrogen) atoms. The maximum absolute atomic E-state index is 4.12. The first-order valence-electron chi connectivity index (χ1n) is 6.94. The molecule has 0 bridgehead atoms. The first-order valence-corrected chi connectivity index (χ1v) is 6.94. The molecule has 1 aromatic rings. The first kappa shape index (κ1) is 14.9. The summed E-state index contributed by atoms with van der Waals surface area (Å²) in [7, 11) is 0. The van der Waals surface area contributed by atoms with Crippen LogP contribution in [-0.4, -0.2) is 37.6 Å². The van der Waals surface area contributed by atoms with E-state index in [0.29, 0.717) is 0 Å². The zero-order valence-electron chi connectivity index (χ0n) is 11.8. The first-order chi connectivity index (χ1) is 8.77. The number of rotatable bonds is 9. The van der Waals surface area contributed by atoms with E-state index in [-0.39, 0.29) is 0 Å². The molecule has 2 heteroatoms. The molecular weight excluding hydrogens is 220 g/mol. The molecule has 100 valence electrons. The Morgan fingerprint density at radius 1 is 1.17 bits per heavy atom. The van der Waals surface area contributed by atoms with Crippen LogP contribution in [0.1, 0.15) is 25.8 Å². The van der Waals surface area contributed by atoms with Crippen molar-refractivity contribution in [3.63, 3.8) is 0 Å². The van der Waals surface area contributed by atoms with Crippen LogP contribution in [0, 0.1) is 0 Å². The molecule has 1 rings (SSSR count). The molecule has 0 radical (unpaired) electrons. The Kier molecular flexibility index (Phi) is 7.38. The lowest BCUT2D eigenvalue weighted by Gasteiger charge is -2.17. The Hall–Kier alpha value is -1.12. The van der Waals surface area contributed by atoms with Gasteiger partial charge in [-0.2, -0.15) is 0 Å². The van der Waals surface area contributed by atoms with E-state index >= 15 is 0 Å². The van der Waals surface area contributed by atoms with Crippen LogP contribution in [0.15, 0.2) is 36.9 Å². The third kappa shape index (κ3) is 5.48. The maximum atomic E-state index is 4.12. The normalized spacial score (nSPS) is 10.8. The number of benzene rings is 1. The Bertz CT molecular complexity index is 328. The molecular formula is C16H26N2. The van der Waals surface area contributed by atoms with Crippen LogP contribution in [-0.2, 0) is 0 Å². The summed E-state index contributed by atoms with van der Waals surface area (Å²) in [5.41, 5.74) is 2.40. The Balaban J connectivity index is 2.13. The van der Waals surface area contributed by atoms with Crippen LogP contribution in [0.2, 0.25) is 0 Å². The van der Waals surface area contributed by atoms with Gasteiger partial charge in [0.2, 0.25) is 0 Å². The van der Waals surface area contributed by atoms with E-state index in [9.17, 15) is 0 Å². The molecule has 0 aliphatic carbocycles. The molecule has 0 aromatic heterocycles. The van der Waals surface area contributed by atoms with Gasteiger partial charge in [-0.1, -0.05) is 50.8 Å². The summed E-state index contributed by atoms with van der Waals surface area (Å²) in [4.78, 5) is 2.45. The number of hydrogen-bond acceptors (Lipinski definition) is 2. The smallest absolute Gasteiger partial charge is 0.0205 e. The fourth-order valence-electron chi connectivity index (χ4n) is 1.98. The molecule has 0 unspecified atom stereocenters. The van der Waals surface area contributed by atoms with E-state index < -0.39 is 0 Å². The van der Waals surface area contributed by atoms with Gasteiger partial charge < -0.3 is 10.2 Å². The van der Waals surface area contributed by atoms with Gasteiger partial charge in [0.1, 0.15) is 0 Å². The molecule has 0 amide bonds. The highest BCUT2D eigenvalue weighted by molar-refractivity contribution is 5.64. The van der Waals surface area contributed by atoms with Gasteiger partial charge in [-0.15, -0.1) is 0 Å². The minimum atomic E-state index is 0.877. The largest absolute Gasteiger partial charge is 0.313 e. The summed E-state index contributed by atoms with van der Waals surface area (Å²) < 4.78 is 0. The lowest BCUT2D eigenvalue weighted by atomic mass is 10.1. The summed E-state index contributed by atoms with van der Waals surface area (Å²) in [6, 6.07) is 10.4. The minimum Gasteiger partial charge on any atom is -0.313 e. The average molecular weight is 246 g/mol. The molecule has 0 saturated heterocycles. The Morgan fingerprint density at radius 2 is 1.83 bits per heavy atom. The zero-order chi connectivity index (χ0) is 13.2. The number of nitrogens with one attached hydrogen (secondary N) is 1. The van der Waals surface area contributed by atoms with Crippen molar-refractivity contribution in [1.82, 2.24) is 10.2 Å². The van der Waals surface area contributed by atoms with Crippen molar-refractivity contribution in [3.8, 4) is 0 Å². The highest BCUT2D eigenvalue weighted by atomic mass is 15.1. The monoisotopic (exact) mass is 246 g/mol. The van der Waals surface area contributed by atoms with Crippen molar-refractivity contribution < 1.29 is 0 Å². The molecule has 0 spiro atoms. The highest BCUT2D eigenvalue weighted by Crippen LogP contribution is 2.09. The second-order valence-electron chi connectivity index (χ2n) is 4.53. The van der Waals surface area contributed by atoms with Gasteiger partial charge in [0, 0.05) is 6.54 Å². The molecule has 0 fully saturated rings. The van der Waals surface area contributed by atoms with Gasteiger partial charge in [-0.05, 0) is 43.7 Å². The van der Waals surface area contributed by atoms with Crippen LogP contribution in [0.3, 0.4) is 0 Å². The van der Waals surface area contributed by atoms with Crippen LogP contribution in [0.25, 0.3) is 5.57 Å². The molecule has 0 aliphatic rings. The molecule has 0 aliphatic heterocycles. The SMILES string of the molecule is C=C(CNCCCN(CC)CC)c1ccccc1. The third-order valence-corrected chi connectivity index (χ3v) is 3.24. The van der Waals surface area contributed by atoms with Gasteiger partial charge in [0.05, 0.1) is 0 Å². The Labute approximate surface area is 112 Å². The second kappa shape index (κ2) is 8.90. The van der Waals surface area contributed by atoms with Crippen molar-refractivity contribution in [2.24, 2.45) is 0 Å². The summed E-state index contributed by atoms with van der Waals surface area (Å²) in [5.74, 6) is 0. The maximum Gasteiger partial charge on any atom is 0.0205 e. The van der Waals surface area contributed by atoms with Gasteiger partial charge in [-0.3, -0.25) is 0 Å². The fraction of sp³-hybridized carbons (Fsp3) is 0.500. The van der Waals surface area contributed by atoms with E-state index in [0.717, 1.165) is 26.2 Å². The fourth-order valence-corrected chi connectivity index (χ4v) is 1.98. The van der Waals surface area contributed by atoms with Gasteiger partial charge in [-0.25, -0.2) is 0 Å². The van der Waals surface area contributed by atoms with E-state index in [1.165, 1.54) is 24.1 Å².